The quantitative estimate of drug-likeness (QED) is 0.266. The van der Waals surface area contributed by atoms with Gasteiger partial charge in [0.1, 0.15) is 15.8 Å². The monoisotopic (exact) mass is 475 g/mol. The van der Waals surface area contributed by atoms with Crippen LogP contribution in [0.5, 0.6) is 11.5 Å². The van der Waals surface area contributed by atoms with Crippen LogP contribution in [-0.2, 0) is 10.2 Å². The number of benzene rings is 2. The van der Waals surface area contributed by atoms with E-state index in [2.05, 4.69) is 32.9 Å². The second-order valence-corrected chi connectivity index (χ2v) is 10.4. The van der Waals surface area contributed by atoms with E-state index in [4.69, 9.17) is 33.3 Å². The number of carbonyl (C=O) groups is 1. The second-order valence-electron chi connectivity index (χ2n) is 8.25. The summed E-state index contributed by atoms with van der Waals surface area (Å²) in [6.45, 7) is 7.60. The average Bonchev–Trinajstić information content (AvgIpc) is 2.95. The summed E-state index contributed by atoms with van der Waals surface area (Å²) in [6.07, 6.45) is 2.50. The van der Waals surface area contributed by atoms with Gasteiger partial charge < -0.3 is 9.47 Å². The first kappa shape index (κ1) is 23.6. The van der Waals surface area contributed by atoms with E-state index in [-0.39, 0.29) is 11.3 Å². The lowest BCUT2D eigenvalue weighted by Crippen LogP contribution is -2.22. The lowest BCUT2D eigenvalue weighted by Gasteiger charge is -2.19. The van der Waals surface area contributed by atoms with Gasteiger partial charge in [-0.3, -0.25) is 9.69 Å². The Balaban J connectivity index is 1.55. The molecule has 0 aliphatic carbocycles. The number of nitrogens with zero attached hydrogens (tertiary/aromatic N) is 1. The van der Waals surface area contributed by atoms with Crippen molar-refractivity contribution in [1.82, 2.24) is 4.90 Å². The topological polar surface area (TPSA) is 38.8 Å². The molecule has 0 radical (unpaired) electrons. The smallest absolute Gasteiger partial charge is 0.265 e. The van der Waals surface area contributed by atoms with Gasteiger partial charge in [-0.15, -0.1) is 0 Å². The Morgan fingerprint density at radius 2 is 1.77 bits per heavy atom. The van der Waals surface area contributed by atoms with E-state index < -0.39 is 0 Å². The average molecular weight is 476 g/mol. The van der Waals surface area contributed by atoms with E-state index in [1.807, 2.05) is 18.2 Å². The summed E-state index contributed by atoms with van der Waals surface area (Å²) < 4.78 is 12.3. The molecule has 1 amide bonds. The number of thiocarbonyl (C=S) groups is 1. The van der Waals surface area contributed by atoms with Gasteiger partial charge >= 0.3 is 0 Å². The van der Waals surface area contributed by atoms with Crippen LogP contribution in [0.3, 0.4) is 0 Å². The molecule has 0 saturated carbocycles. The Bertz CT molecular complexity index is 997. The third-order valence-corrected chi connectivity index (χ3v) is 6.50. The molecule has 0 bridgehead atoms. The van der Waals surface area contributed by atoms with Crippen molar-refractivity contribution in [2.75, 3.05) is 20.3 Å². The van der Waals surface area contributed by atoms with Crippen LogP contribution < -0.4 is 9.47 Å². The van der Waals surface area contributed by atoms with Gasteiger partial charge in [-0.1, -0.05) is 68.5 Å². The van der Waals surface area contributed by atoms with Crippen molar-refractivity contribution in [1.29, 1.82) is 0 Å². The standard InChI is InChI=1S/C24H26ClNO3S2/c1-24(2,3)17-6-9-19(10-7-17)28-12-5-13-29-20-11-8-18(25)14-16(20)15-21-22(27)26(4)23(30)31-21/h6-11,14-15H,5,12-13H2,1-4H3/b21-15-. The first-order valence-corrected chi connectivity index (χ1v) is 11.6. The molecule has 4 nitrogen and oxygen atoms in total. The molecule has 1 saturated heterocycles. The predicted molar refractivity (Wildman–Crippen MR) is 133 cm³/mol. The van der Waals surface area contributed by atoms with Crippen LogP contribution in [0.1, 0.15) is 38.3 Å². The van der Waals surface area contributed by atoms with Crippen molar-refractivity contribution < 1.29 is 14.3 Å². The number of halogens is 1. The molecule has 164 valence electrons. The van der Waals surface area contributed by atoms with Gasteiger partial charge in [-0.25, -0.2) is 0 Å². The van der Waals surface area contributed by atoms with Gasteiger partial charge in [0.25, 0.3) is 5.91 Å². The number of ether oxygens (including phenoxy) is 2. The van der Waals surface area contributed by atoms with Crippen molar-refractivity contribution in [3.63, 3.8) is 0 Å². The maximum Gasteiger partial charge on any atom is 0.265 e. The fraction of sp³-hybridized carbons (Fsp3) is 0.333. The summed E-state index contributed by atoms with van der Waals surface area (Å²) >= 11 is 12.6. The zero-order valence-electron chi connectivity index (χ0n) is 18.1. The zero-order valence-corrected chi connectivity index (χ0v) is 20.5. The minimum absolute atomic E-state index is 0.119. The van der Waals surface area contributed by atoms with E-state index in [1.165, 1.54) is 22.2 Å². The van der Waals surface area contributed by atoms with E-state index in [0.29, 0.717) is 33.2 Å². The molecule has 1 fully saturated rings. The van der Waals surface area contributed by atoms with Crippen LogP contribution in [0.4, 0.5) is 0 Å². The van der Waals surface area contributed by atoms with E-state index in [1.54, 1.807) is 25.3 Å². The fourth-order valence-electron chi connectivity index (χ4n) is 2.93. The zero-order chi connectivity index (χ0) is 22.6. The van der Waals surface area contributed by atoms with Crippen LogP contribution in [0.2, 0.25) is 5.02 Å². The van der Waals surface area contributed by atoms with Gasteiger partial charge in [0.05, 0.1) is 18.1 Å². The van der Waals surface area contributed by atoms with Crippen LogP contribution in [0.25, 0.3) is 6.08 Å². The Morgan fingerprint density at radius 1 is 1.10 bits per heavy atom. The normalized spacial score (nSPS) is 15.6. The highest BCUT2D eigenvalue weighted by Gasteiger charge is 2.29. The van der Waals surface area contributed by atoms with Crippen molar-refractivity contribution in [3.05, 3.63) is 63.5 Å². The SMILES string of the molecule is CN1C(=O)/C(=C/c2cc(Cl)ccc2OCCCOc2ccc(C(C)(C)C)cc2)SC1=S. The maximum atomic E-state index is 12.3. The molecule has 0 atom stereocenters. The Labute approximate surface area is 198 Å². The molecule has 7 heteroatoms. The number of likely N-dealkylation sites (N-methyl/N-ethyl adjacent to an activating group) is 1. The third-order valence-electron chi connectivity index (χ3n) is 4.78. The van der Waals surface area contributed by atoms with Crippen LogP contribution in [0.15, 0.2) is 47.4 Å². The number of rotatable bonds is 7. The summed E-state index contributed by atoms with van der Waals surface area (Å²) in [7, 11) is 1.67. The van der Waals surface area contributed by atoms with Crippen molar-refractivity contribution in [2.45, 2.75) is 32.6 Å². The van der Waals surface area contributed by atoms with E-state index in [9.17, 15) is 4.79 Å². The van der Waals surface area contributed by atoms with Crippen LogP contribution >= 0.6 is 35.6 Å². The van der Waals surface area contributed by atoms with Gasteiger partial charge in [0.2, 0.25) is 0 Å². The first-order valence-electron chi connectivity index (χ1n) is 10.0. The molecule has 2 aromatic rings. The summed E-state index contributed by atoms with van der Waals surface area (Å²) in [5.41, 5.74) is 2.15. The number of hydrogen-bond acceptors (Lipinski definition) is 5. The molecule has 3 rings (SSSR count). The summed E-state index contributed by atoms with van der Waals surface area (Å²) in [4.78, 5) is 14.3. The Kier molecular flexibility index (Phi) is 7.68. The summed E-state index contributed by atoms with van der Waals surface area (Å²) in [5.74, 6) is 1.40. The highest BCUT2D eigenvalue weighted by atomic mass is 35.5. The number of carbonyl (C=O) groups excluding carboxylic acids is 1. The molecule has 0 N–H and O–H groups in total. The van der Waals surface area contributed by atoms with Crippen molar-refractivity contribution in [3.8, 4) is 11.5 Å². The third kappa shape index (κ3) is 6.25. The lowest BCUT2D eigenvalue weighted by molar-refractivity contribution is -0.121. The molecule has 0 aromatic heterocycles. The Morgan fingerprint density at radius 3 is 2.39 bits per heavy atom. The molecule has 0 unspecified atom stereocenters. The molecule has 31 heavy (non-hydrogen) atoms. The molecule has 2 aromatic carbocycles. The molecular formula is C24H26ClNO3S2. The van der Waals surface area contributed by atoms with Crippen molar-refractivity contribution >= 4 is 51.9 Å². The number of amides is 1. The lowest BCUT2D eigenvalue weighted by atomic mass is 9.87. The minimum atomic E-state index is -0.119. The van der Waals surface area contributed by atoms with Gasteiger partial charge in [0.15, 0.2) is 0 Å². The molecule has 1 aliphatic rings. The largest absolute Gasteiger partial charge is 0.493 e. The highest BCUT2D eigenvalue weighted by Crippen LogP contribution is 2.34. The van der Waals surface area contributed by atoms with Crippen LogP contribution in [-0.4, -0.2) is 35.4 Å². The fourth-order valence-corrected chi connectivity index (χ4v) is 4.28. The molecular weight excluding hydrogens is 450 g/mol. The Hall–Kier alpha value is -2.02. The number of thioether (sulfide) groups is 1. The van der Waals surface area contributed by atoms with Crippen molar-refractivity contribution in [2.24, 2.45) is 0 Å². The summed E-state index contributed by atoms with van der Waals surface area (Å²) in [6, 6.07) is 13.6. The van der Waals surface area contributed by atoms with Gasteiger partial charge in [-0.2, -0.15) is 0 Å². The van der Waals surface area contributed by atoms with E-state index >= 15 is 0 Å². The van der Waals surface area contributed by atoms with E-state index in [0.717, 1.165) is 17.7 Å². The maximum absolute atomic E-state index is 12.3. The predicted octanol–water partition coefficient (Wildman–Crippen LogP) is 6.32. The van der Waals surface area contributed by atoms with Crippen LogP contribution in [0, 0.1) is 0 Å². The molecule has 1 heterocycles. The summed E-state index contributed by atoms with van der Waals surface area (Å²) in [5, 5.41) is 0.576. The van der Waals surface area contributed by atoms with Gasteiger partial charge in [-0.05, 0) is 47.4 Å². The van der Waals surface area contributed by atoms with Gasteiger partial charge in [0, 0.05) is 24.1 Å². The molecule has 1 aliphatic heterocycles. The highest BCUT2D eigenvalue weighted by molar-refractivity contribution is 8.26. The second kappa shape index (κ2) is 10.1. The first-order chi connectivity index (χ1) is 14.6. The minimum Gasteiger partial charge on any atom is -0.493 e. The molecule has 0 spiro atoms. The number of hydrogen-bond donors (Lipinski definition) is 0.